The number of likely N-dealkylation sites (tertiary alicyclic amines) is 1. The smallest absolute Gasteiger partial charge is 0.0868 e. The van der Waals surface area contributed by atoms with Crippen LogP contribution in [0.3, 0.4) is 0 Å². The highest BCUT2D eigenvalue weighted by molar-refractivity contribution is 4.84. The van der Waals surface area contributed by atoms with Gasteiger partial charge in [-0.1, -0.05) is 6.42 Å². The number of nitrogens with zero attached hydrogens (tertiary/aromatic N) is 3. The van der Waals surface area contributed by atoms with Crippen LogP contribution < -0.4 is 0 Å². The van der Waals surface area contributed by atoms with Gasteiger partial charge in [0.2, 0.25) is 0 Å². The molecule has 1 fully saturated rings. The molecule has 0 aromatic heterocycles. The van der Waals surface area contributed by atoms with Crippen molar-refractivity contribution in [3.8, 4) is 6.07 Å². The lowest BCUT2D eigenvalue weighted by atomic mass is 9.98. The topological polar surface area (TPSA) is 30.3 Å². The molecule has 15 heavy (non-hydrogen) atoms. The van der Waals surface area contributed by atoms with Crippen molar-refractivity contribution in [2.24, 2.45) is 0 Å². The van der Waals surface area contributed by atoms with Crippen LogP contribution in [0.5, 0.6) is 0 Å². The monoisotopic (exact) mass is 209 g/mol. The Labute approximate surface area is 93.7 Å². The first kappa shape index (κ1) is 12.5. The molecule has 86 valence electrons. The molecule has 1 rings (SSSR count). The van der Waals surface area contributed by atoms with Crippen molar-refractivity contribution in [3.05, 3.63) is 0 Å². The predicted octanol–water partition coefficient (Wildman–Crippen LogP) is 1.71. The average Bonchev–Trinajstić information content (AvgIpc) is 2.20. The summed E-state index contributed by atoms with van der Waals surface area (Å²) < 4.78 is 0. The minimum atomic E-state index is 0.618. The van der Waals surface area contributed by atoms with Crippen molar-refractivity contribution >= 4 is 0 Å². The maximum Gasteiger partial charge on any atom is 0.0868 e. The van der Waals surface area contributed by atoms with Gasteiger partial charge in [-0.15, -0.1) is 0 Å². The molecule has 1 saturated heterocycles. The maximum atomic E-state index is 8.75. The maximum absolute atomic E-state index is 8.75. The van der Waals surface area contributed by atoms with Gasteiger partial charge in [-0.25, -0.2) is 0 Å². The van der Waals surface area contributed by atoms with Crippen LogP contribution >= 0.6 is 0 Å². The number of piperidine rings is 1. The summed E-state index contributed by atoms with van der Waals surface area (Å²) in [6.07, 6.45) is 6.40. The Morgan fingerprint density at radius 3 is 2.87 bits per heavy atom. The third-order valence-electron chi connectivity index (χ3n) is 3.17. The van der Waals surface area contributed by atoms with Crippen molar-refractivity contribution in [2.45, 2.75) is 38.1 Å². The number of rotatable bonds is 5. The fourth-order valence-electron chi connectivity index (χ4n) is 2.33. The van der Waals surface area contributed by atoms with E-state index >= 15 is 0 Å². The summed E-state index contributed by atoms with van der Waals surface area (Å²) in [6.45, 7) is 2.91. The van der Waals surface area contributed by atoms with Gasteiger partial charge in [0.1, 0.15) is 0 Å². The van der Waals surface area contributed by atoms with Crippen molar-refractivity contribution in [1.82, 2.24) is 9.80 Å². The standard InChI is InChI=1S/C12H23N3/c1-14(2)9-5-7-12-6-3-4-10-15(12)11-8-13/h12H,3-7,9-11H2,1-2H3. The second-order valence-corrected chi connectivity index (χ2v) is 4.72. The first-order valence-corrected chi connectivity index (χ1v) is 5.99. The SMILES string of the molecule is CN(C)CCCC1CCCCN1CC#N. The lowest BCUT2D eigenvalue weighted by Crippen LogP contribution is -2.40. The highest BCUT2D eigenvalue weighted by Gasteiger charge is 2.21. The molecule has 3 nitrogen and oxygen atoms in total. The summed E-state index contributed by atoms with van der Waals surface area (Å²) in [7, 11) is 4.24. The van der Waals surface area contributed by atoms with Crippen molar-refractivity contribution in [1.29, 1.82) is 5.26 Å². The quantitative estimate of drug-likeness (QED) is 0.646. The summed E-state index contributed by atoms with van der Waals surface area (Å²) in [5.41, 5.74) is 0. The second-order valence-electron chi connectivity index (χ2n) is 4.72. The lowest BCUT2D eigenvalue weighted by molar-refractivity contribution is 0.153. The van der Waals surface area contributed by atoms with Gasteiger partial charge in [0, 0.05) is 6.04 Å². The zero-order valence-corrected chi connectivity index (χ0v) is 10.1. The molecule has 1 atom stereocenters. The summed E-state index contributed by atoms with van der Waals surface area (Å²) in [4.78, 5) is 4.59. The molecule has 0 N–H and O–H groups in total. The van der Waals surface area contributed by atoms with E-state index in [4.69, 9.17) is 5.26 Å². The predicted molar refractivity (Wildman–Crippen MR) is 62.6 cm³/mol. The van der Waals surface area contributed by atoms with Crippen LogP contribution in [0.1, 0.15) is 32.1 Å². The van der Waals surface area contributed by atoms with Crippen molar-refractivity contribution in [3.63, 3.8) is 0 Å². The van der Waals surface area contributed by atoms with Crippen LogP contribution in [0.2, 0.25) is 0 Å². The molecule has 0 aromatic rings. The van der Waals surface area contributed by atoms with E-state index < -0.39 is 0 Å². The van der Waals surface area contributed by atoms with Crippen LogP contribution in [0.15, 0.2) is 0 Å². The van der Waals surface area contributed by atoms with Crippen molar-refractivity contribution in [2.75, 3.05) is 33.7 Å². The molecule has 1 aliphatic rings. The molecule has 1 aliphatic heterocycles. The summed E-state index contributed by atoms with van der Waals surface area (Å²) in [5, 5.41) is 8.75. The van der Waals surface area contributed by atoms with E-state index in [1.165, 1.54) is 32.1 Å². The first-order chi connectivity index (χ1) is 7.24. The minimum Gasteiger partial charge on any atom is -0.309 e. The summed E-state index contributed by atoms with van der Waals surface area (Å²) in [6, 6.07) is 2.95. The first-order valence-electron chi connectivity index (χ1n) is 5.99. The van der Waals surface area contributed by atoms with E-state index in [2.05, 4.69) is 30.0 Å². The highest BCUT2D eigenvalue weighted by atomic mass is 15.2. The number of nitriles is 1. The van der Waals surface area contributed by atoms with E-state index in [-0.39, 0.29) is 0 Å². The Morgan fingerprint density at radius 1 is 1.40 bits per heavy atom. The molecule has 0 spiro atoms. The molecule has 0 aliphatic carbocycles. The second kappa shape index (κ2) is 6.81. The Morgan fingerprint density at radius 2 is 2.20 bits per heavy atom. The fourth-order valence-corrected chi connectivity index (χ4v) is 2.33. The molecule has 1 unspecified atom stereocenters. The average molecular weight is 209 g/mol. The summed E-state index contributed by atoms with van der Waals surface area (Å²) >= 11 is 0. The highest BCUT2D eigenvalue weighted by Crippen LogP contribution is 2.20. The van der Waals surface area contributed by atoms with Gasteiger partial charge in [-0.3, -0.25) is 4.90 Å². The Kier molecular flexibility index (Phi) is 5.67. The number of hydrogen-bond donors (Lipinski definition) is 0. The Hall–Kier alpha value is -0.590. The van der Waals surface area contributed by atoms with Crippen molar-refractivity contribution < 1.29 is 0 Å². The molecule has 0 radical (unpaired) electrons. The van der Waals surface area contributed by atoms with E-state index in [0.29, 0.717) is 12.6 Å². The zero-order chi connectivity index (χ0) is 11.1. The molecule has 3 heteroatoms. The number of hydrogen-bond acceptors (Lipinski definition) is 3. The van der Waals surface area contributed by atoms with E-state index in [9.17, 15) is 0 Å². The van der Waals surface area contributed by atoms with Gasteiger partial charge in [-0.05, 0) is 52.9 Å². The Balaban J connectivity index is 2.26. The van der Waals surface area contributed by atoms with Gasteiger partial charge in [0.05, 0.1) is 12.6 Å². The van der Waals surface area contributed by atoms with Crippen LogP contribution in [-0.2, 0) is 0 Å². The molecule has 0 amide bonds. The van der Waals surface area contributed by atoms with Gasteiger partial charge in [-0.2, -0.15) is 5.26 Å². The molecular formula is C12H23N3. The third-order valence-corrected chi connectivity index (χ3v) is 3.17. The van der Waals surface area contributed by atoms with E-state index in [0.717, 1.165) is 13.1 Å². The third kappa shape index (κ3) is 4.63. The van der Waals surface area contributed by atoms with Gasteiger partial charge >= 0.3 is 0 Å². The van der Waals surface area contributed by atoms with E-state index in [1.54, 1.807) is 0 Å². The molecule has 1 heterocycles. The van der Waals surface area contributed by atoms with E-state index in [1.807, 2.05) is 0 Å². The molecule has 0 bridgehead atoms. The van der Waals surface area contributed by atoms with Crippen LogP contribution in [0.4, 0.5) is 0 Å². The molecular weight excluding hydrogens is 186 g/mol. The van der Waals surface area contributed by atoms with Gasteiger partial charge < -0.3 is 4.90 Å². The van der Waals surface area contributed by atoms with Crippen LogP contribution in [0, 0.1) is 11.3 Å². The zero-order valence-electron chi connectivity index (χ0n) is 10.1. The van der Waals surface area contributed by atoms with Crippen LogP contribution in [0.25, 0.3) is 0 Å². The molecule has 0 saturated carbocycles. The van der Waals surface area contributed by atoms with Crippen LogP contribution in [-0.4, -0.2) is 49.6 Å². The largest absolute Gasteiger partial charge is 0.309 e. The molecule has 0 aromatic carbocycles. The lowest BCUT2D eigenvalue weighted by Gasteiger charge is -2.34. The normalized spacial score (nSPS) is 22.9. The van der Waals surface area contributed by atoms with Gasteiger partial charge in [0.25, 0.3) is 0 Å². The van der Waals surface area contributed by atoms with Gasteiger partial charge in [0.15, 0.2) is 0 Å². The summed E-state index contributed by atoms with van der Waals surface area (Å²) in [5.74, 6) is 0. The fraction of sp³-hybridized carbons (Fsp3) is 0.917. The minimum absolute atomic E-state index is 0.618. The Bertz CT molecular complexity index is 207.